The van der Waals surface area contributed by atoms with E-state index in [1.807, 2.05) is 12.1 Å². The van der Waals surface area contributed by atoms with Crippen molar-refractivity contribution in [1.82, 2.24) is 20.1 Å². The van der Waals surface area contributed by atoms with Crippen LogP contribution in [0.2, 0.25) is 5.02 Å². The Morgan fingerprint density at radius 1 is 1.00 bits per heavy atom. The fourth-order valence-electron chi connectivity index (χ4n) is 4.65. The number of hydrogen-bond acceptors (Lipinski definition) is 6. The van der Waals surface area contributed by atoms with Gasteiger partial charge in [0.25, 0.3) is 5.91 Å². The summed E-state index contributed by atoms with van der Waals surface area (Å²) in [5.41, 5.74) is 1.91. The molecule has 5 rings (SSSR count). The van der Waals surface area contributed by atoms with Gasteiger partial charge in [0.1, 0.15) is 11.6 Å². The highest BCUT2D eigenvalue weighted by atomic mass is 35.5. The second-order valence-corrected chi connectivity index (χ2v) is 9.84. The Kier molecular flexibility index (Phi) is 8.56. The maximum absolute atomic E-state index is 13.5. The second-order valence-electron chi connectivity index (χ2n) is 9.43. The van der Waals surface area contributed by atoms with Crippen molar-refractivity contribution in [3.63, 3.8) is 0 Å². The van der Waals surface area contributed by atoms with Crippen LogP contribution in [0.1, 0.15) is 29.6 Å². The molecule has 2 aromatic carbocycles. The molecule has 1 saturated heterocycles. The number of ether oxygens (including phenoxy) is 1. The Morgan fingerprint density at radius 3 is 2.45 bits per heavy atom. The molecule has 2 amide bonds. The number of carbonyl (C=O) groups is 2. The monoisotopic (exact) mass is 562 g/mol. The van der Waals surface area contributed by atoms with E-state index in [0.29, 0.717) is 18.2 Å². The molecule has 1 fully saturated rings. The van der Waals surface area contributed by atoms with Crippen molar-refractivity contribution in [2.24, 2.45) is 5.92 Å². The van der Waals surface area contributed by atoms with Gasteiger partial charge in [-0.15, -0.1) is 5.10 Å². The molecule has 0 aliphatic carbocycles. The SMILES string of the molecule is O=C(NCCC1CCN(c2ccncc2)CC1)Oc1cc(NC(=O)c2ccccc2Cl)n(-c2ccc(F)cc2)n1. The number of nitrogens with zero attached hydrogens (tertiary/aromatic N) is 4. The van der Waals surface area contributed by atoms with Crippen LogP contribution in [-0.2, 0) is 0 Å². The molecule has 0 radical (unpaired) electrons. The van der Waals surface area contributed by atoms with Gasteiger partial charge < -0.3 is 20.3 Å². The highest BCUT2D eigenvalue weighted by Crippen LogP contribution is 2.26. The van der Waals surface area contributed by atoms with Crippen molar-refractivity contribution < 1.29 is 18.7 Å². The van der Waals surface area contributed by atoms with Crippen molar-refractivity contribution in [1.29, 1.82) is 0 Å². The first-order chi connectivity index (χ1) is 19.5. The maximum Gasteiger partial charge on any atom is 0.413 e. The van der Waals surface area contributed by atoms with Crippen LogP contribution in [0.15, 0.2) is 79.1 Å². The number of rotatable bonds is 8. The van der Waals surface area contributed by atoms with Crippen molar-refractivity contribution in [3.8, 4) is 11.6 Å². The van der Waals surface area contributed by atoms with Gasteiger partial charge in [0.05, 0.1) is 16.3 Å². The average Bonchev–Trinajstić information content (AvgIpc) is 3.36. The van der Waals surface area contributed by atoms with Gasteiger partial charge in [0.2, 0.25) is 5.88 Å². The summed E-state index contributed by atoms with van der Waals surface area (Å²) in [6.07, 6.45) is 5.86. The van der Waals surface area contributed by atoms with E-state index >= 15 is 0 Å². The van der Waals surface area contributed by atoms with E-state index < -0.39 is 17.8 Å². The van der Waals surface area contributed by atoms with Crippen molar-refractivity contribution in [2.45, 2.75) is 19.3 Å². The minimum Gasteiger partial charge on any atom is -0.390 e. The molecule has 40 heavy (non-hydrogen) atoms. The maximum atomic E-state index is 13.5. The number of anilines is 2. The summed E-state index contributed by atoms with van der Waals surface area (Å²) in [5.74, 6) is -0.193. The molecule has 0 saturated carbocycles. The molecule has 4 aromatic rings. The largest absolute Gasteiger partial charge is 0.413 e. The Balaban J connectivity index is 1.18. The highest BCUT2D eigenvalue weighted by molar-refractivity contribution is 6.34. The van der Waals surface area contributed by atoms with Gasteiger partial charge in [0, 0.05) is 43.8 Å². The quantitative estimate of drug-likeness (QED) is 0.285. The minimum atomic E-state index is -0.651. The molecule has 0 bridgehead atoms. The zero-order valence-electron chi connectivity index (χ0n) is 21.6. The summed E-state index contributed by atoms with van der Waals surface area (Å²) < 4.78 is 20.3. The lowest BCUT2D eigenvalue weighted by molar-refractivity contribution is 0.102. The van der Waals surface area contributed by atoms with Crippen LogP contribution in [0.3, 0.4) is 0 Å². The molecule has 11 heteroatoms. The number of halogens is 2. The number of benzene rings is 2. The molecular formula is C29H28ClFN6O3. The molecule has 1 aliphatic heterocycles. The summed E-state index contributed by atoms with van der Waals surface area (Å²) in [6.45, 7) is 2.39. The Hall–Kier alpha value is -4.44. The van der Waals surface area contributed by atoms with Gasteiger partial charge in [-0.3, -0.25) is 9.78 Å². The lowest BCUT2D eigenvalue weighted by atomic mass is 9.93. The fraction of sp³-hybridized carbons (Fsp3) is 0.241. The van der Waals surface area contributed by atoms with Gasteiger partial charge in [0.15, 0.2) is 0 Å². The molecule has 206 valence electrons. The number of pyridine rings is 1. The molecule has 3 heterocycles. The zero-order chi connectivity index (χ0) is 27.9. The second kappa shape index (κ2) is 12.6. The van der Waals surface area contributed by atoms with Crippen LogP contribution in [-0.4, -0.2) is 46.4 Å². The van der Waals surface area contributed by atoms with Crippen molar-refractivity contribution >= 4 is 35.1 Å². The molecule has 2 N–H and O–H groups in total. The van der Waals surface area contributed by atoms with Crippen LogP contribution in [0, 0.1) is 11.7 Å². The summed E-state index contributed by atoms with van der Waals surface area (Å²) in [4.78, 5) is 31.8. The number of amides is 2. The van der Waals surface area contributed by atoms with E-state index in [9.17, 15) is 14.0 Å². The van der Waals surface area contributed by atoms with Crippen LogP contribution in [0.25, 0.3) is 5.69 Å². The first-order valence-electron chi connectivity index (χ1n) is 13.0. The number of hydrogen-bond donors (Lipinski definition) is 2. The third-order valence-electron chi connectivity index (χ3n) is 6.78. The summed E-state index contributed by atoms with van der Waals surface area (Å²) in [5, 5.41) is 10.1. The lowest BCUT2D eigenvalue weighted by Gasteiger charge is -2.33. The normalized spacial score (nSPS) is 13.6. The van der Waals surface area contributed by atoms with E-state index in [1.165, 1.54) is 40.7 Å². The van der Waals surface area contributed by atoms with Gasteiger partial charge >= 0.3 is 6.09 Å². The zero-order valence-corrected chi connectivity index (χ0v) is 22.4. The summed E-state index contributed by atoms with van der Waals surface area (Å²) in [6, 6.07) is 17.6. The van der Waals surface area contributed by atoms with E-state index in [0.717, 1.165) is 32.4 Å². The van der Waals surface area contributed by atoms with Crippen molar-refractivity contribution in [3.05, 3.63) is 95.5 Å². The molecule has 9 nitrogen and oxygen atoms in total. The van der Waals surface area contributed by atoms with Gasteiger partial charge in [-0.05, 0) is 73.7 Å². The lowest BCUT2D eigenvalue weighted by Crippen LogP contribution is -2.35. The van der Waals surface area contributed by atoms with E-state index in [2.05, 4.69) is 25.6 Å². The third-order valence-corrected chi connectivity index (χ3v) is 7.11. The van der Waals surface area contributed by atoms with E-state index in [-0.39, 0.29) is 22.3 Å². The number of piperidine rings is 1. The van der Waals surface area contributed by atoms with Crippen molar-refractivity contribution in [2.75, 3.05) is 29.9 Å². The van der Waals surface area contributed by atoms with Crippen LogP contribution in [0.5, 0.6) is 5.88 Å². The number of nitrogens with one attached hydrogen (secondary N) is 2. The van der Waals surface area contributed by atoms with E-state index in [1.54, 1.807) is 36.7 Å². The predicted octanol–water partition coefficient (Wildman–Crippen LogP) is 5.71. The molecule has 0 unspecified atom stereocenters. The van der Waals surface area contributed by atoms with Gasteiger partial charge in [-0.2, -0.15) is 0 Å². The standard InChI is InChI=1S/C29H28ClFN6O3/c30-25-4-2-1-3-24(25)28(38)34-26-19-27(35-37(26)23-7-5-21(31)6-8-23)40-29(39)33-16-9-20-12-17-36(18-13-20)22-10-14-32-15-11-22/h1-8,10-11,14-15,19-20H,9,12-13,16-18H2,(H,33,39)(H,34,38). The number of aromatic nitrogens is 3. The third kappa shape index (κ3) is 6.76. The van der Waals surface area contributed by atoms with Crippen LogP contribution < -0.4 is 20.3 Å². The Labute approximate surface area is 235 Å². The summed E-state index contributed by atoms with van der Waals surface area (Å²) >= 11 is 6.17. The molecular weight excluding hydrogens is 535 g/mol. The molecule has 0 atom stereocenters. The highest BCUT2D eigenvalue weighted by Gasteiger charge is 2.21. The average molecular weight is 563 g/mol. The van der Waals surface area contributed by atoms with Gasteiger partial charge in [-0.1, -0.05) is 23.7 Å². The molecule has 0 spiro atoms. The Bertz CT molecular complexity index is 1460. The van der Waals surface area contributed by atoms with E-state index in [4.69, 9.17) is 16.3 Å². The van der Waals surface area contributed by atoms with Crippen LogP contribution in [0.4, 0.5) is 20.7 Å². The van der Waals surface area contributed by atoms with Crippen LogP contribution >= 0.6 is 11.6 Å². The first kappa shape index (κ1) is 27.1. The minimum absolute atomic E-state index is 0.0260. The predicted molar refractivity (Wildman–Crippen MR) is 151 cm³/mol. The van der Waals surface area contributed by atoms with Gasteiger partial charge in [-0.25, -0.2) is 13.9 Å². The molecule has 1 aliphatic rings. The first-order valence-corrected chi connectivity index (χ1v) is 13.4. The number of carbonyl (C=O) groups excluding carboxylic acids is 2. The Morgan fingerprint density at radius 2 is 1.73 bits per heavy atom. The topological polar surface area (TPSA) is 101 Å². The smallest absolute Gasteiger partial charge is 0.390 e. The molecule has 2 aromatic heterocycles. The summed E-state index contributed by atoms with van der Waals surface area (Å²) in [7, 11) is 0. The fourth-order valence-corrected chi connectivity index (χ4v) is 4.87.